The van der Waals surface area contributed by atoms with Crippen LogP contribution in [0.5, 0.6) is 5.88 Å². The van der Waals surface area contributed by atoms with Gasteiger partial charge in [-0.3, -0.25) is 10.1 Å². The minimum atomic E-state index is -0.613. The maximum Gasteiger partial charge on any atom is 0.348 e. The molecule has 1 aromatic rings. The number of rotatable bonds is 4. The summed E-state index contributed by atoms with van der Waals surface area (Å²) in [5.41, 5.74) is -0.382. The summed E-state index contributed by atoms with van der Waals surface area (Å²) in [6.45, 7) is 0. The molecule has 0 amide bonds. The Hall–Kier alpha value is -2.20. The lowest BCUT2D eigenvalue weighted by atomic mass is 9.92. The number of nitro groups is 1. The Morgan fingerprint density at radius 1 is 1.55 bits per heavy atom. The molecular weight excluding hydrogens is 260 g/mol. The third kappa shape index (κ3) is 2.86. The van der Waals surface area contributed by atoms with Gasteiger partial charge >= 0.3 is 5.69 Å². The lowest BCUT2D eigenvalue weighted by Gasteiger charge is -2.30. The summed E-state index contributed by atoms with van der Waals surface area (Å²) in [6.07, 6.45) is 5.12. The maximum absolute atomic E-state index is 11.1. The van der Waals surface area contributed by atoms with Crippen LogP contribution < -0.4 is 10.1 Å². The zero-order chi connectivity index (χ0) is 14.5. The van der Waals surface area contributed by atoms with E-state index in [0.29, 0.717) is 0 Å². The molecule has 0 aliphatic heterocycles. The Labute approximate surface area is 116 Å². The number of pyridine rings is 1. The number of nitrogens with zero attached hydrogens (tertiary/aromatic N) is 3. The molecule has 2 unspecified atom stereocenters. The van der Waals surface area contributed by atoms with Gasteiger partial charge in [0.25, 0.3) is 5.88 Å². The molecule has 1 aromatic heterocycles. The van der Waals surface area contributed by atoms with E-state index in [4.69, 9.17) is 10.00 Å². The highest BCUT2D eigenvalue weighted by atomic mass is 16.6. The number of nitrogens with one attached hydrogen (secondary N) is 1. The van der Waals surface area contributed by atoms with Gasteiger partial charge in [-0.2, -0.15) is 5.26 Å². The highest BCUT2D eigenvalue weighted by Crippen LogP contribution is 2.31. The third-order valence-electron chi connectivity index (χ3n) is 3.53. The van der Waals surface area contributed by atoms with Gasteiger partial charge in [0.15, 0.2) is 0 Å². The molecule has 106 valence electrons. The van der Waals surface area contributed by atoms with Gasteiger partial charge in [-0.15, -0.1) is 0 Å². The molecule has 0 saturated heterocycles. The Bertz CT molecular complexity index is 541. The molecule has 7 nitrogen and oxygen atoms in total. The van der Waals surface area contributed by atoms with Gasteiger partial charge in [0.2, 0.25) is 0 Å². The first kappa shape index (κ1) is 14.2. The molecule has 1 aliphatic carbocycles. The maximum atomic E-state index is 11.1. The van der Waals surface area contributed by atoms with Crippen LogP contribution in [0.15, 0.2) is 12.3 Å². The van der Waals surface area contributed by atoms with Crippen molar-refractivity contribution >= 4 is 5.69 Å². The molecule has 0 aromatic carbocycles. The van der Waals surface area contributed by atoms with Crippen LogP contribution in [0.4, 0.5) is 5.69 Å². The van der Waals surface area contributed by atoms with Crippen molar-refractivity contribution in [1.29, 1.82) is 5.26 Å². The zero-order valence-electron chi connectivity index (χ0n) is 11.2. The SMILES string of the molecule is CNC1CCCCC1Oc1nccc(C#N)c1[N+](=O)[O-]. The van der Waals surface area contributed by atoms with Crippen LogP contribution in [-0.4, -0.2) is 29.1 Å². The van der Waals surface area contributed by atoms with E-state index < -0.39 is 4.92 Å². The number of nitriles is 1. The van der Waals surface area contributed by atoms with E-state index in [9.17, 15) is 10.1 Å². The first-order chi connectivity index (χ1) is 9.67. The van der Waals surface area contributed by atoms with Gasteiger partial charge in [0, 0.05) is 12.2 Å². The average molecular weight is 276 g/mol. The molecule has 0 radical (unpaired) electrons. The number of likely N-dealkylation sites (N-methyl/N-ethyl adjacent to an activating group) is 1. The molecule has 1 aliphatic rings. The summed E-state index contributed by atoms with van der Waals surface area (Å²) in [5.74, 6) is -0.0683. The summed E-state index contributed by atoms with van der Waals surface area (Å²) in [4.78, 5) is 14.4. The normalized spacial score (nSPS) is 22.0. The molecule has 1 fully saturated rings. The largest absolute Gasteiger partial charge is 0.468 e. The van der Waals surface area contributed by atoms with Crippen molar-refractivity contribution in [3.05, 3.63) is 27.9 Å². The molecule has 2 rings (SSSR count). The van der Waals surface area contributed by atoms with Crippen LogP contribution in [0, 0.1) is 21.4 Å². The highest BCUT2D eigenvalue weighted by Gasteiger charge is 2.30. The van der Waals surface area contributed by atoms with Crippen LogP contribution >= 0.6 is 0 Å². The van der Waals surface area contributed by atoms with E-state index in [0.717, 1.165) is 25.7 Å². The van der Waals surface area contributed by atoms with E-state index in [1.54, 1.807) is 6.07 Å². The monoisotopic (exact) mass is 276 g/mol. The first-order valence-electron chi connectivity index (χ1n) is 6.54. The van der Waals surface area contributed by atoms with Crippen LogP contribution in [0.1, 0.15) is 31.2 Å². The number of aromatic nitrogens is 1. The standard InChI is InChI=1S/C13H16N4O3/c1-15-10-4-2-3-5-11(10)20-13-12(17(18)19)9(8-14)6-7-16-13/h6-7,10-11,15H,2-5H2,1H3. The number of hydrogen-bond acceptors (Lipinski definition) is 6. The van der Waals surface area contributed by atoms with Gasteiger partial charge in [-0.25, -0.2) is 4.98 Å². The van der Waals surface area contributed by atoms with E-state index in [-0.39, 0.29) is 29.3 Å². The van der Waals surface area contributed by atoms with E-state index in [1.165, 1.54) is 12.3 Å². The van der Waals surface area contributed by atoms with E-state index in [1.807, 2.05) is 7.05 Å². The van der Waals surface area contributed by atoms with Crippen molar-refractivity contribution in [2.75, 3.05) is 7.05 Å². The Morgan fingerprint density at radius 2 is 2.30 bits per heavy atom. The first-order valence-corrected chi connectivity index (χ1v) is 6.54. The Balaban J connectivity index is 2.29. The van der Waals surface area contributed by atoms with E-state index >= 15 is 0 Å². The van der Waals surface area contributed by atoms with E-state index in [2.05, 4.69) is 10.3 Å². The third-order valence-corrected chi connectivity index (χ3v) is 3.53. The van der Waals surface area contributed by atoms with Crippen molar-refractivity contribution in [2.45, 2.75) is 37.8 Å². The average Bonchev–Trinajstić information content (AvgIpc) is 2.47. The number of ether oxygens (including phenoxy) is 1. The molecule has 2 atom stereocenters. The fourth-order valence-electron chi connectivity index (χ4n) is 2.50. The van der Waals surface area contributed by atoms with Crippen LogP contribution in [-0.2, 0) is 0 Å². The van der Waals surface area contributed by atoms with Crippen molar-refractivity contribution < 1.29 is 9.66 Å². The van der Waals surface area contributed by atoms with Crippen molar-refractivity contribution in [2.24, 2.45) is 0 Å². The second-order valence-electron chi connectivity index (χ2n) is 4.72. The summed E-state index contributed by atoms with van der Waals surface area (Å²) in [5, 5.41) is 23.2. The molecule has 1 heterocycles. The molecule has 7 heteroatoms. The molecule has 0 bridgehead atoms. The molecular formula is C13H16N4O3. The predicted octanol–water partition coefficient (Wildman–Crippen LogP) is 1.77. The second kappa shape index (κ2) is 6.30. The zero-order valence-corrected chi connectivity index (χ0v) is 11.2. The minimum Gasteiger partial charge on any atom is -0.468 e. The van der Waals surface area contributed by atoms with Crippen LogP contribution in [0.25, 0.3) is 0 Å². The van der Waals surface area contributed by atoms with Crippen molar-refractivity contribution in [3.8, 4) is 11.9 Å². The minimum absolute atomic E-state index is 0.0307. The molecule has 1 saturated carbocycles. The van der Waals surface area contributed by atoms with Crippen LogP contribution in [0.3, 0.4) is 0 Å². The quantitative estimate of drug-likeness (QED) is 0.664. The highest BCUT2D eigenvalue weighted by molar-refractivity contribution is 5.54. The predicted molar refractivity (Wildman–Crippen MR) is 71.3 cm³/mol. The van der Waals surface area contributed by atoms with Crippen molar-refractivity contribution in [1.82, 2.24) is 10.3 Å². The van der Waals surface area contributed by atoms with Gasteiger partial charge in [-0.1, -0.05) is 6.42 Å². The second-order valence-corrected chi connectivity index (χ2v) is 4.72. The van der Waals surface area contributed by atoms with Gasteiger partial charge in [0.05, 0.1) is 4.92 Å². The number of hydrogen-bond donors (Lipinski definition) is 1. The van der Waals surface area contributed by atoms with Gasteiger partial charge < -0.3 is 10.1 Å². The Morgan fingerprint density at radius 3 is 2.95 bits per heavy atom. The summed E-state index contributed by atoms with van der Waals surface area (Å²) < 4.78 is 5.73. The lowest BCUT2D eigenvalue weighted by molar-refractivity contribution is -0.386. The summed E-state index contributed by atoms with van der Waals surface area (Å²) in [6, 6.07) is 3.27. The van der Waals surface area contributed by atoms with Gasteiger partial charge in [-0.05, 0) is 32.4 Å². The lowest BCUT2D eigenvalue weighted by Crippen LogP contribution is -2.43. The summed E-state index contributed by atoms with van der Waals surface area (Å²) in [7, 11) is 1.85. The molecule has 20 heavy (non-hydrogen) atoms. The smallest absolute Gasteiger partial charge is 0.348 e. The van der Waals surface area contributed by atoms with Crippen molar-refractivity contribution in [3.63, 3.8) is 0 Å². The summed E-state index contributed by atoms with van der Waals surface area (Å²) >= 11 is 0. The fraction of sp³-hybridized carbons (Fsp3) is 0.538. The Kier molecular flexibility index (Phi) is 4.48. The van der Waals surface area contributed by atoms with Crippen LogP contribution in [0.2, 0.25) is 0 Å². The molecule has 0 spiro atoms. The fourth-order valence-corrected chi connectivity index (χ4v) is 2.50. The van der Waals surface area contributed by atoms with Gasteiger partial charge in [0.1, 0.15) is 17.7 Å². The topological polar surface area (TPSA) is 101 Å². The molecule has 1 N–H and O–H groups in total.